The summed E-state index contributed by atoms with van der Waals surface area (Å²) < 4.78 is 0. The lowest BCUT2D eigenvalue weighted by molar-refractivity contribution is -0.361. The predicted molar refractivity (Wildman–Crippen MR) is 50.3 cm³/mol. The Labute approximate surface area is 68.2 Å². The third-order valence-corrected chi connectivity index (χ3v) is 1.17. The average molecular weight is 148 g/mol. The summed E-state index contributed by atoms with van der Waals surface area (Å²) in [5.74, 6) is 0. The monoisotopic (exact) mass is 148 g/mol. The molecule has 0 unspecified atom stereocenters. The maximum Gasteiger partial charge on any atom is 0.166 e. The van der Waals surface area contributed by atoms with Gasteiger partial charge in [0.05, 0.1) is 0 Å². The number of hydrogen-bond acceptors (Lipinski definition) is 0. The molecule has 1 nitrogen and oxygen atoms in total. The molecule has 0 aliphatic rings. The lowest BCUT2D eigenvalue weighted by Crippen LogP contribution is -2.57. The van der Waals surface area contributed by atoms with Gasteiger partial charge in [-0.1, -0.05) is 24.8 Å². The molecule has 0 aliphatic carbocycles. The van der Waals surface area contributed by atoms with Crippen LogP contribution in [0.2, 0.25) is 0 Å². The van der Waals surface area contributed by atoms with Gasteiger partial charge in [0.15, 0.2) is 6.20 Å². The molecule has 0 atom stereocenters. The first-order valence-corrected chi connectivity index (χ1v) is 3.46. The standard InChI is InChI=1S/C10H13N/c1-4-7-10(5-2)8-6-9-11-3/h4-6,8-9H,1-3,7H2/p+1/b9-6-,10-8-. The fourth-order valence-corrected chi connectivity index (χ4v) is 0.626. The Balaban J connectivity index is 4.09. The minimum Gasteiger partial charge on any atom is -0.224 e. The second-order valence-electron chi connectivity index (χ2n) is 2.00. The van der Waals surface area contributed by atoms with Crippen LogP contribution in [-0.4, -0.2) is 6.72 Å². The molecule has 0 fully saturated rings. The van der Waals surface area contributed by atoms with Gasteiger partial charge in [-0.2, -0.15) is 0 Å². The molecule has 58 valence electrons. The van der Waals surface area contributed by atoms with Crippen molar-refractivity contribution in [2.24, 2.45) is 0 Å². The van der Waals surface area contributed by atoms with E-state index in [0.29, 0.717) is 0 Å². The molecule has 0 amide bonds. The van der Waals surface area contributed by atoms with Gasteiger partial charge < -0.3 is 0 Å². The highest BCUT2D eigenvalue weighted by Crippen LogP contribution is 2.01. The second kappa shape index (κ2) is 6.75. The molecule has 0 aromatic carbocycles. The van der Waals surface area contributed by atoms with Crippen molar-refractivity contribution in [2.45, 2.75) is 6.42 Å². The zero-order chi connectivity index (χ0) is 8.53. The van der Waals surface area contributed by atoms with Crippen LogP contribution in [0, 0.1) is 0 Å². The summed E-state index contributed by atoms with van der Waals surface area (Å²) in [7, 11) is 0. The zero-order valence-electron chi connectivity index (χ0n) is 6.72. The Morgan fingerprint density at radius 2 is 2.09 bits per heavy atom. The maximum absolute atomic E-state index is 3.67. The Morgan fingerprint density at radius 3 is 2.55 bits per heavy atom. The second-order valence-corrected chi connectivity index (χ2v) is 2.00. The smallest absolute Gasteiger partial charge is 0.166 e. The molecule has 0 aromatic rings. The van der Waals surface area contributed by atoms with Gasteiger partial charge in [-0.05, 0) is 12.0 Å². The van der Waals surface area contributed by atoms with E-state index in [2.05, 4.69) is 24.9 Å². The van der Waals surface area contributed by atoms with E-state index in [0.717, 1.165) is 12.0 Å². The van der Waals surface area contributed by atoms with E-state index in [1.54, 1.807) is 6.20 Å². The van der Waals surface area contributed by atoms with Gasteiger partial charge in [0.25, 0.3) is 0 Å². The largest absolute Gasteiger partial charge is 0.224 e. The van der Waals surface area contributed by atoms with Crippen molar-refractivity contribution < 1.29 is 4.99 Å². The van der Waals surface area contributed by atoms with Crippen molar-refractivity contribution in [3.05, 3.63) is 49.2 Å². The van der Waals surface area contributed by atoms with Crippen molar-refractivity contribution in [1.82, 2.24) is 0 Å². The van der Waals surface area contributed by atoms with Gasteiger partial charge in [-0.3, -0.25) is 0 Å². The highest BCUT2D eigenvalue weighted by atomic mass is 14.6. The third kappa shape index (κ3) is 5.09. The summed E-state index contributed by atoms with van der Waals surface area (Å²) in [6, 6.07) is 0. The Kier molecular flexibility index (Phi) is 5.91. The van der Waals surface area contributed by atoms with Crippen LogP contribution < -0.4 is 4.99 Å². The van der Waals surface area contributed by atoms with Gasteiger partial charge >= 0.3 is 0 Å². The zero-order valence-corrected chi connectivity index (χ0v) is 6.72. The first kappa shape index (κ1) is 9.63. The highest BCUT2D eigenvalue weighted by molar-refractivity contribution is 5.23. The van der Waals surface area contributed by atoms with E-state index in [1.807, 2.05) is 24.3 Å². The van der Waals surface area contributed by atoms with Crippen molar-refractivity contribution in [3.63, 3.8) is 0 Å². The quantitative estimate of drug-likeness (QED) is 0.339. The van der Waals surface area contributed by atoms with Crippen molar-refractivity contribution in [1.29, 1.82) is 0 Å². The number of nitrogens with one attached hydrogen (secondary N) is 1. The lowest BCUT2D eigenvalue weighted by Gasteiger charge is -1.90. The van der Waals surface area contributed by atoms with Gasteiger partial charge in [0.2, 0.25) is 0 Å². The van der Waals surface area contributed by atoms with E-state index in [1.165, 1.54) is 0 Å². The maximum atomic E-state index is 3.67. The molecule has 1 heteroatoms. The fourth-order valence-electron chi connectivity index (χ4n) is 0.626. The fraction of sp³-hybridized carbons (Fsp3) is 0.100. The molecule has 0 saturated carbocycles. The van der Waals surface area contributed by atoms with Gasteiger partial charge in [-0.15, -0.1) is 6.58 Å². The van der Waals surface area contributed by atoms with Crippen molar-refractivity contribution in [3.8, 4) is 0 Å². The number of allylic oxidation sites excluding steroid dienone is 5. The first-order chi connectivity index (χ1) is 5.35. The van der Waals surface area contributed by atoms with Gasteiger partial charge in [0, 0.05) is 6.08 Å². The van der Waals surface area contributed by atoms with Crippen LogP contribution in [0.1, 0.15) is 6.42 Å². The van der Waals surface area contributed by atoms with E-state index < -0.39 is 0 Å². The molecule has 0 rings (SSSR count). The third-order valence-electron chi connectivity index (χ3n) is 1.17. The summed E-state index contributed by atoms with van der Waals surface area (Å²) in [5, 5.41) is 0. The molecule has 0 radical (unpaired) electrons. The van der Waals surface area contributed by atoms with Crippen molar-refractivity contribution in [2.75, 3.05) is 0 Å². The minimum atomic E-state index is 0.852. The number of hydrogen-bond donors (Lipinski definition) is 1. The first-order valence-electron chi connectivity index (χ1n) is 3.46. The molecular formula is C10H14N+. The van der Waals surface area contributed by atoms with Crippen LogP contribution in [0.5, 0.6) is 0 Å². The molecule has 0 heterocycles. The molecule has 11 heavy (non-hydrogen) atoms. The van der Waals surface area contributed by atoms with E-state index in [9.17, 15) is 0 Å². The van der Waals surface area contributed by atoms with E-state index in [-0.39, 0.29) is 0 Å². The Morgan fingerprint density at radius 1 is 1.36 bits per heavy atom. The van der Waals surface area contributed by atoms with Crippen LogP contribution in [0.15, 0.2) is 49.2 Å². The van der Waals surface area contributed by atoms with Crippen LogP contribution >= 0.6 is 0 Å². The normalized spacial score (nSPS) is 11.5. The van der Waals surface area contributed by atoms with E-state index in [4.69, 9.17) is 0 Å². The minimum absolute atomic E-state index is 0.852. The highest BCUT2D eigenvalue weighted by Gasteiger charge is 1.83. The molecule has 0 bridgehead atoms. The average Bonchev–Trinajstić information content (AvgIpc) is 2.03. The molecular weight excluding hydrogens is 134 g/mol. The van der Waals surface area contributed by atoms with Crippen LogP contribution in [0.3, 0.4) is 0 Å². The predicted octanol–water partition coefficient (Wildman–Crippen LogP) is 0.970. The Hall–Kier alpha value is -1.37. The summed E-state index contributed by atoms with van der Waals surface area (Å²) in [5.41, 5.74) is 1.14. The molecule has 0 aliphatic heterocycles. The molecule has 0 saturated heterocycles. The van der Waals surface area contributed by atoms with Gasteiger partial charge in [0.1, 0.15) is 6.72 Å². The van der Waals surface area contributed by atoms with Crippen LogP contribution in [0.4, 0.5) is 0 Å². The topological polar surface area (TPSA) is 14.0 Å². The summed E-state index contributed by atoms with van der Waals surface area (Å²) in [6.45, 7) is 10.8. The summed E-state index contributed by atoms with van der Waals surface area (Å²) in [6.07, 6.45) is 10.1. The van der Waals surface area contributed by atoms with Crippen molar-refractivity contribution >= 4 is 6.72 Å². The van der Waals surface area contributed by atoms with Gasteiger partial charge in [-0.25, -0.2) is 4.99 Å². The van der Waals surface area contributed by atoms with Crippen LogP contribution in [0.25, 0.3) is 0 Å². The molecule has 0 spiro atoms. The Bertz CT molecular complexity index is 197. The molecule has 1 N–H and O–H groups in total. The lowest BCUT2D eigenvalue weighted by atomic mass is 10.2. The molecule has 0 aromatic heterocycles. The SMILES string of the molecule is C=CC/C(C=C)=C\C=C/[NH+]=C. The van der Waals surface area contributed by atoms with E-state index >= 15 is 0 Å². The summed E-state index contributed by atoms with van der Waals surface area (Å²) in [4.78, 5) is 2.65. The summed E-state index contributed by atoms with van der Waals surface area (Å²) >= 11 is 0. The number of rotatable bonds is 5. The van der Waals surface area contributed by atoms with Crippen LogP contribution in [-0.2, 0) is 0 Å².